The summed E-state index contributed by atoms with van der Waals surface area (Å²) in [5, 5.41) is 70.8. The number of hydrogen-bond donors (Lipinski definition) is 24. The zero-order valence-corrected chi connectivity index (χ0v) is 63.1. The van der Waals surface area contributed by atoms with Gasteiger partial charge >= 0.3 is 11.9 Å². The number of guanidine groups is 2. The number of para-hydroxylation sites is 1. The van der Waals surface area contributed by atoms with Gasteiger partial charge in [-0.3, -0.25) is 72.3 Å². The summed E-state index contributed by atoms with van der Waals surface area (Å²) < 4.78 is 0. The molecule has 598 valence electrons. The number of nitrogens with two attached hydrogens (primary N) is 5. The molecular weight excluding hydrogens is 1450 g/mol. The van der Waals surface area contributed by atoms with Crippen molar-refractivity contribution >= 4 is 131 Å². The average molecular weight is 1560 g/mol. The Morgan fingerprint density at radius 3 is 1.36 bits per heavy atom. The van der Waals surface area contributed by atoms with E-state index in [1.54, 1.807) is 63.4 Å². The highest BCUT2D eigenvalue weighted by atomic mass is 32.1. The van der Waals surface area contributed by atoms with Gasteiger partial charge in [-0.2, -0.15) is 25.3 Å². The minimum absolute atomic E-state index is 0.0153. The third kappa shape index (κ3) is 30.5. The Hall–Kier alpha value is -10.3. The first-order chi connectivity index (χ1) is 51.0. The molecule has 38 nitrogen and oxygen atoms in total. The number of thiol groups is 2. The van der Waals surface area contributed by atoms with Crippen LogP contribution in [-0.2, 0) is 80.0 Å². The topological polar surface area (TPSA) is 635 Å². The lowest BCUT2D eigenvalue weighted by atomic mass is 9.95. The molecule has 12 amide bonds. The van der Waals surface area contributed by atoms with Crippen molar-refractivity contribution in [1.29, 1.82) is 0 Å². The highest BCUT2D eigenvalue weighted by molar-refractivity contribution is 7.80. The summed E-state index contributed by atoms with van der Waals surface area (Å²) in [6.07, 6.45) is -1.32. The molecule has 0 aliphatic carbocycles. The first-order valence-electron chi connectivity index (χ1n) is 35.0. The maximum atomic E-state index is 14.9. The van der Waals surface area contributed by atoms with Crippen LogP contribution in [0.1, 0.15) is 105 Å². The largest absolute Gasteiger partial charge is 0.481 e. The molecule has 0 bridgehead atoms. The third-order valence-corrected chi connectivity index (χ3v) is 18.1. The number of fused-ring (bicyclic) bond motifs is 1. The number of carboxylic acid groups (broad SMARTS) is 2. The Labute approximate surface area is 635 Å². The molecule has 1 aromatic heterocycles. The smallest absolute Gasteiger partial charge is 0.327 e. The number of aliphatic imine (C=N–C) groups is 2. The van der Waals surface area contributed by atoms with E-state index in [2.05, 4.69) is 104 Å². The fraction of sp³-hybridized carbons (Fsp3) is 0.559. The maximum Gasteiger partial charge on any atom is 0.327 e. The Morgan fingerprint density at radius 1 is 0.472 bits per heavy atom. The van der Waals surface area contributed by atoms with E-state index in [0.29, 0.717) is 11.1 Å². The fourth-order valence-corrected chi connectivity index (χ4v) is 11.3. The van der Waals surface area contributed by atoms with Crippen molar-refractivity contribution in [2.24, 2.45) is 56.4 Å². The second kappa shape index (κ2) is 46.7. The van der Waals surface area contributed by atoms with Gasteiger partial charge in [0.25, 0.3) is 0 Å². The molecule has 0 aliphatic rings. The van der Waals surface area contributed by atoms with Crippen LogP contribution in [0.25, 0.3) is 10.9 Å². The molecule has 0 spiro atoms. The Morgan fingerprint density at radius 2 is 0.870 bits per heavy atom. The van der Waals surface area contributed by atoms with Crippen molar-refractivity contribution in [2.45, 2.75) is 185 Å². The van der Waals surface area contributed by atoms with Crippen LogP contribution in [0.2, 0.25) is 0 Å². The van der Waals surface area contributed by atoms with Gasteiger partial charge in [-0.05, 0) is 67.6 Å². The van der Waals surface area contributed by atoms with Gasteiger partial charge < -0.3 is 118 Å². The third-order valence-electron chi connectivity index (χ3n) is 17.3. The van der Waals surface area contributed by atoms with Gasteiger partial charge in [0, 0.05) is 54.5 Å². The number of aromatic nitrogens is 1. The summed E-state index contributed by atoms with van der Waals surface area (Å²) in [5.41, 5.74) is 30.0. The molecule has 3 rings (SSSR count). The summed E-state index contributed by atoms with van der Waals surface area (Å²) in [7, 11) is 0. The summed E-state index contributed by atoms with van der Waals surface area (Å²) >= 11 is 8.03. The molecule has 0 saturated heterocycles. The second-order valence-corrected chi connectivity index (χ2v) is 26.8. The summed E-state index contributed by atoms with van der Waals surface area (Å²) in [6.45, 7) is 8.91. The van der Waals surface area contributed by atoms with Crippen LogP contribution in [0.3, 0.4) is 0 Å². The Bertz CT molecular complexity index is 3620. The normalized spacial score (nSPS) is 15.3. The van der Waals surface area contributed by atoms with Gasteiger partial charge in [-0.1, -0.05) is 103 Å². The number of hydrogen-bond acceptors (Lipinski definition) is 21. The van der Waals surface area contributed by atoms with Crippen molar-refractivity contribution in [3.63, 3.8) is 0 Å². The molecule has 0 fully saturated rings. The van der Waals surface area contributed by atoms with E-state index in [4.69, 9.17) is 28.7 Å². The summed E-state index contributed by atoms with van der Waals surface area (Å²) in [6, 6.07) is -3.37. The Kier molecular flexibility index (Phi) is 39.7. The molecule has 0 aliphatic heterocycles. The number of carbonyl (C=O) groups is 14. The lowest BCUT2D eigenvalue weighted by Crippen LogP contribution is -2.63. The van der Waals surface area contributed by atoms with Crippen molar-refractivity contribution < 1.29 is 87.5 Å². The number of carboxylic acids is 2. The van der Waals surface area contributed by atoms with Crippen LogP contribution >= 0.6 is 25.3 Å². The van der Waals surface area contributed by atoms with Gasteiger partial charge in [-0.25, -0.2) is 4.79 Å². The van der Waals surface area contributed by atoms with E-state index in [1.165, 1.54) is 20.8 Å². The SMILES string of the molecule is CC[C@H](C)[C@H](NC(=O)[C@H](CCCN=C(N)N)NC(=O)[C@@H](NC(=O)[C@H](Cc1ccccc1)NC(=O)[C@H](CCCN=C(N)N)NC(=O)[C@H](Cc1c[nH]c2ccccc12)NC(=O)CN)[C@@H](C)CC)C(=O)N[C@@H](CC(=O)O)C(=O)N[C@H](C(=O)N[C@@H](CO)C(=O)N[C@@H](CS)C(=O)N[C@H](C(=O)N[C@@H](CS)C(=O)O)C(C)C)[C@@H](C)O. The highest BCUT2D eigenvalue weighted by Crippen LogP contribution is 2.21. The van der Waals surface area contributed by atoms with Crippen LogP contribution < -0.4 is 92.5 Å². The van der Waals surface area contributed by atoms with Crippen molar-refractivity contribution in [3.8, 4) is 0 Å². The predicted octanol–water partition coefficient (Wildman–Crippen LogP) is -5.62. The van der Waals surface area contributed by atoms with E-state index >= 15 is 0 Å². The van der Waals surface area contributed by atoms with Gasteiger partial charge in [0.1, 0.15) is 72.5 Å². The highest BCUT2D eigenvalue weighted by Gasteiger charge is 2.40. The molecule has 3 aromatic rings. The van der Waals surface area contributed by atoms with E-state index in [9.17, 15) is 87.5 Å². The first-order valence-corrected chi connectivity index (χ1v) is 36.3. The monoisotopic (exact) mass is 1550 g/mol. The number of aliphatic hydroxyl groups is 2. The Balaban J connectivity index is 1.96. The number of aromatic amines is 1. The first kappa shape index (κ1) is 91.9. The van der Waals surface area contributed by atoms with Crippen LogP contribution in [-0.4, -0.2) is 237 Å². The van der Waals surface area contributed by atoms with Crippen LogP contribution in [0.4, 0.5) is 0 Å². The molecule has 27 N–H and O–H groups in total. The van der Waals surface area contributed by atoms with Crippen molar-refractivity contribution in [3.05, 3.63) is 71.9 Å². The van der Waals surface area contributed by atoms with Crippen LogP contribution in [0.5, 0.6) is 0 Å². The number of aliphatic hydroxyl groups excluding tert-OH is 2. The standard InChI is InChI=1S/C68H106N20O18S2/c1-8-34(5)52(87-58(97)43(25-37-17-11-10-12-18-37)80-55(94)41(21-15-23-74-67(70)71)78-57(96)44(77-49(91)28-69)26-38-29-76-40-20-14-13-19-39(38)40)63(102)79-42(22-16-24-75-68(72)73)56(95)86-53(35(6)9-2)64(103)81-45(27-50(92)93)59(98)88-54(36(7)90)65(104)82-46(30-89)60(99)83-47(31-107)61(100)85-51(33(3)4)62(101)84-48(32-108)66(105)106/h10-14,17-20,29,33-36,41-48,51-54,76,89-90,107-108H,8-9,15-16,21-28,30-32,69H2,1-7H3,(H,77,91)(H,78,96)(H,79,102)(H,80,94)(H,81,103)(H,82,104)(H,83,99)(H,84,101)(H,85,100)(H,86,95)(H,87,97)(H,88,98)(H,92,93)(H,105,106)(H4,70,71,74)(H4,72,73,75)/t34-,35-,36+,41-,42-,43-,44-,45-,46-,47-,48-,51-,52-,53-,54-/m0/s1. The number of H-pyrrole nitrogens is 1. The number of nitrogens with one attached hydrogen (secondary N) is 13. The lowest BCUT2D eigenvalue weighted by Gasteiger charge is -2.31. The van der Waals surface area contributed by atoms with E-state index in [1.807, 2.05) is 18.2 Å². The molecule has 0 saturated carbocycles. The van der Waals surface area contributed by atoms with Crippen LogP contribution in [0, 0.1) is 17.8 Å². The molecular formula is C68H106N20O18S2. The number of benzene rings is 2. The molecule has 108 heavy (non-hydrogen) atoms. The minimum atomic E-state index is -2.07. The zero-order chi connectivity index (χ0) is 81.1. The molecule has 2 aromatic carbocycles. The van der Waals surface area contributed by atoms with Crippen molar-refractivity contribution in [2.75, 3.05) is 37.7 Å². The molecule has 15 atom stereocenters. The van der Waals surface area contributed by atoms with E-state index in [0.717, 1.165) is 17.8 Å². The van der Waals surface area contributed by atoms with Gasteiger partial charge in [-0.15, -0.1) is 0 Å². The van der Waals surface area contributed by atoms with Gasteiger partial charge in [0.2, 0.25) is 70.9 Å². The van der Waals surface area contributed by atoms with Crippen LogP contribution in [0.15, 0.2) is 70.8 Å². The number of carbonyl (C=O) groups excluding carboxylic acids is 12. The summed E-state index contributed by atoms with van der Waals surface area (Å²) in [5.74, 6) is -18.6. The molecule has 40 heteroatoms. The average Bonchev–Trinajstić information content (AvgIpc) is 1.66. The van der Waals surface area contributed by atoms with Gasteiger partial charge in [0.05, 0.1) is 25.7 Å². The van der Waals surface area contributed by atoms with Gasteiger partial charge in [0.15, 0.2) is 11.9 Å². The maximum absolute atomic E-state index is 14.9. The number of amides is 12. The minimum Gasteiger partial charge on any atom is -0.481 e. The fourth-order valence-electron chi connectivity index (χ4n) is 10.8. The van der Waals surface area contributed by atoms with Crippen molar-refractivity contribution in [1.82, 2.24) is 68.8 Å². The molecule has 1 heterocycles. The van der Waals surface area contributed by atoms with E-state index in [-0.39, 0.29) is 82.1 Å². The zero-order valence-electron chi connectivity index (χ0n) is 61.3. The number of aliphatic carboxylic acids is 2. The molecule has 0 unspecified atom stereocenters. The predicted molar refractivity (Wildman–Crippen MR) is 404 cm³/mol. The molecule has 0 radical (unpaired) electrons. The quantitative estimate of drug-likeness (QED) is 0.0108. The number of rotatable bonds is 48. The second-order valence-electron chi connectivity index (χ2n) is 26.1. The summed E-state index contributed by atoms with van der Waals surface area (Å²) in [4.78, 5) is 204. The van der Waals surface area contributed by atoms with E-state index < -0.39 is 205 Å². The lowest BCUT2D eigenvalue weighted by molar-refractivity contribution is -0.142. The number of nitrogens with zero attached hydrogens (tertiary/aromatic N) is 2.